The van der Waals surface area contributed by atoms with Crippen LogP contribution in [-0.2, 0) is 21.3 Å². The largest absolute Gasteiger partial charge is 0.494 e. The van der Waals surface area contributed by atoms with Gasteiger partial charge in [-0.25, -0.2) is 0 Å². The van der Waals surface area contributed by atoms with Crippen LogP contribution in [-0.4, -0.2) is 58.6 Å². The van der Waals surface area contributed by atoms with Gasteiger partial charge in [-0.1, -0.05) is 12.1 Å². The summed E-state index contributed by atoms with van der Waals surface area (Å²) < 4.78 is 37.1. The van der Waals surface area contributed by atoms with E-state index in [-0.39, 0.29) is 5.84 Å². The molecule has 1 aromatic rings. The van der Waals surface area contributed by atoms with Gasteiger partial charge in [0.1, 0.15) is 5.75 Å². The number of nitrogens with one attached hydrogen (secondary N) is 1. The summed E-state index contributed by atoms with van der Waals surface area (Å²) in [6.45, 7) is 5.44. The van der Waals surface area contributed by atoms with Gasteiger partial charge in [0.05, 0.1) is 30.9 Å². The highest BCUT2D eigenvalue weighted by molar-refractivity contribution is 7.93. The van der Waals surface area contributed by atoms with E-state index < -0.39 is 10.0 Å². The molecule has 9 heteroatoms. The number of nitrogens with two attached hydrogens (primary N) is 1. The van der Waals surface area contributed by atoms with Crippen LogP contribution < -0.4 is 15.8 Å². The molecule has 2 aliphatic rings. The van der Waals surface area contributed by atoms with Gasteiger partial charge in [0, 0.05) is 26.2 Å². The lowest BCUT2D eigenvalue weighted by Crippen LogP contribution is -2.35. The van der Waals surface area contributed by atoms with Crippen LogP contribution >= 0.6 is 0 Å². The summed E-state index contributed by atoms with van der Waals surface area (Å²) in [5, 5.41) is 4.01. The highest BCUT2D eigenvalue weighted by atomic mass is 32.2. The Kier molecular flexibility index (Phi) is 6.12. The Labute approximate surface area is 153 Å². The Balaban J connectivity index is 1.40. The van der Waals surface area contributed by atoms with Crippen molar-refractivity contribution in [3.63, 3.8) is 0 Å². The maximum Gasteiger partial charge on any atom is 0.279 e. The summed E-state index contributed by atoms with van der Waals surface area (Å²) in [7, 11) is -3.55. The molecule has 0 bridgehead atoms. The lowest BCUT2D eigenvalue weighted by atomic mass is 10.2. The summed E-state index contributed by atoms with van der Waals surface area (Å²) in [5.41, 5.74) is 7.11. The third kappa shape index (κ3) is 5.45. The number of amidine groups is 1. The third-order valence-corrected chi connectivity index (χ3v) is 5.07. The third-order valence-electron chi connectivity index (χ3n) is 4.08. The molecule has 142 valence electrons. The maximum absolute atomic E-state index is 11.3. The van der Waals surface area contributed by atoms with Crippen molar-refractivity contribution in [1.29, 1.82) is 0 Å². The van der Waals surface area contributed by atoms with Gasteiger partial charge in [0.2, 0.25) is 0 Å². The minimum Gasteiger partial charge on any atom is -0.494 e. The van der Waals surface area contributed by atoms with Crippen LogP contribution in [0.2, 0.25) is 0 Å². The van der Waals surface area contributed by atoms with Crippen molar-refractivity contribution in [3.05, 3.63) is 40.9 Å². The monoisotopic (exact) mass is 380 g/mol. The van der Waals surface area contributed by atoms with Crippen LogP contribution in [0.15, 0.2) is 39.8 Å². The zero-order valence-corrected chi connectivity index (χ0v) is 15.4. The second kappa shape index (κ2) is 8.52. The van der Waals surface area contributed by atoms with Gasteiger partial charge in [-0.15, -0.1) is 4.40 Å². The van der Waals surface area contributed by atoms with E-state index in [0.717, 1.165) is 44.0 Å². The summed E-state index contributed by atoms with van der Waals surface area (Å²) in [6, 6.07) is 8.08. The average Bonchev–Trinajstić information content (AvgIpc) is 2.88. The van der Waals surface area contributed by atoms with E-state index in [1.54, 1.807) is 0 Å². The van der Waals surface area contributed by atoms with Crippen LogP contribution in [0.1, 0.15) is 12.0 Å². The van der Waals surface area contributed by atoms with Crippen molar-refractivity contribution >= 4 is 15.9 Å². The minimum atomic E-state index is -3.55. The van der Waals surface area contributed by atoms with Gasteiger partial charge < -0.3 is 20.5 Å². The molecule has 2 heterocycles. The molecular formula is C17H24N4O4S. The second-order valence-corrected chi connectivity index (χ2v) is 7.64. The summed E-state index contributed by atoms with van der Waals surface area (Å²) in [4.78, 5) is 2.36. The molecule has 0 atom stereocenters. The molecule has 26 heavy (non-hydrogen) atoms. The van der Waals surface area contributed by atoms with Crippen molar-refractivity contribution in [3.8, 4) is 5.75 Å². The first-order chi connectivity index (χ1) is 12.5. The van der Waals surface area contributed by atoms with Gasteiger partial charge in [-0.3, -0.25) is 4.90 Å². The molecule has 0 aromatic heterocycles. The van der Waals surface area contributed by atoms with Crippen LogP contribution in [0, 0.1) is 0 Å². The van der Waals surface area contributed by atoms with Crippen LogP contribution in [0.4, 0.5) is 0 Å². The standard InChI is InChI=1S/C17H24N4O4S/c18-17-16(13-26(22,23)20-17)19-5-2-8-25-15-4-1-3-14(11-15)12-21-6-9-24-10-7-21/h1,3-4,11,13,19H,2,5-10,12H2,(H2,18,20). The Bertz CT molecular complexity index is 786. The molecule has 1 fully saturated rings. The number of morpholine rings is 1. The number of sulfonamides is 1. The first-order valence-electron chi connectivity index (χ1n) is 8.60. The van der Waals surface area contributed by atoms with E-state index >= 15 is 0 Å². The molecule has 8 nitrogen and oxygen atoms in total. The van der Waals surface area contributed by atoms with Gasteiger partial charge >= 0.3 is 0 Å². The fourth-order valence-electron chi connectivity index (χ4n) is 2.79. The van der Waals surface area contributed by atoms with Crippen molar-refractivity contribution in [1.82, 2.24) is 10.2 Å². The Hall–Kier alpha value is -2.10. The summed E-state index contributed by atoms with van der Waals surface area (Å²) in [5.74, 6) is 0.834. The number of hydrogen-bond acceptors (Lipinski definition) is 7. The fraction of sp³-hybridized carbons (Fsp3) is 0.471. The number of hydrogen-bond donors (Lipinski definition) is 2. The zero-order valence-electron chi connectivity index (χ0n) is 14.6. The lowest BCUT2D eigenvalue weighted by molar-refractivity contribution is 0.0341. The normalized spacial score (nSPS) is 19.7. The molecule has 0 amide bonds. The highest BCUT2D eigenvalue weighted by Gasteiger charge is 2.19. The Morgan fingerprint density at radius 1 is 1.31 bits per heavy atom. The Morgan fingerprint density at radius 2 is 2.12 bits per heavy atom. The lowest BCUT2D eigenvalue weighted by Gasteiger charge is -2.26. The molecule has 0 saturated carbocycles. The number of rotatable bonds is 8. The molecule has 1 saturated heterocycles. The molecule has 3 rings (SSSR count). The van der Waals surface area contributed by atoms with E-state index in [2.05, 4.69) is 26.7 Å². The van der Waals surface area contributed by atoms with Crippen LogP contribution in [0.3, 0.4) is 0 Å². The fourth-order valence-corrected chi connectivity index (χ4v) is 3.72. The molecular weight excluding hydrogens is 356 g/mol. The first kappa shape index (κ1) is 18.7. The molecule has 3 N–H and O–H groups in total. The van der Waals surface area contributed by atoms with Crippen LogP contribution in [0.25, 0.3) is 0 Å². The molecule has 2 aliphatic heterocycles. The smallest absolute Gasteiger partial charge is 0.279 e. The predicted octanol–water partition coefficient (Wildman–Crippen LogP) is 0.419. The average molecular weight is 380 g/mol. The van der Waals surface area contributed by atoms with E-state index in [1.807, 2.05) is 12.1 Å². The number of ether oxygens (including phenoxy) is 2. The van der Waals surface area contributed by atoms with E-state index in [0.29, 0.717) is 25.3 Å². The molecule has 0 aliphatic carbocycles. The summed E-state index contributed by atoms with van der Waals surface area (Å²) in [6.07, 6.45) is 0.707. The molecule has 0 unspecified atom stereocenters. The topological polar surface area (TPSA) is 106 Å². The first-order valence-corrected chi connectivity index (χ1v) is 10.1. The van der Waals surface area contributed by atoms with Crippen molar-refractivity contribution in [2.24, 2.45) is 10.1 Å². The molecule has 0 radical (unpaired) electrons. The Morgan fingerprint density at radius 3 is 2.85 bits per heavy atom. The maximum atomic E-state index is 11.3. The van der Waals surface area contributed by atoms with E-state index in [9.17, 15) is 8.42 Å². The predicted molar refractivity (Wildman–Crippen MR) is 99.3 cm³/mol. The minimum absolute atomic E-state index is 0.00160. The van der Waals surface area contributed by atoms with Gasteiger partial charge in [0.25, 0.3) is 10.0 Å². The van der Waals surface area contributed by atoms with Gasteiger partial charge in [-0.2, -0.15) is 8.42 Å². The second-order valence-electron chi connectivity index (χ2n) is 6.19. The van der Waals surface area contributed by atoms with Crippen molar-refractivity contribution < 1.29 is 17.9 Å². The zero-order chi connectivity index (χ0) is 18.4. The summed E-state index contributed by atoms with van der Waals surface area (Å²) >= 11 is 0. The van der Waals surface area contributed by atoms with Crippen LogP contribution in [0.5, 0.6) is 5.75 Å². The van der Waals surface area contributed by atoms with E-state index in [1.165, 1.54) is 5.56 Å². The van der Waals surface area contributed by atoms with Crippen molar-refractivity contribution in [2.45, 2.75) is 13.0 Å². The molecule has 1 aromatic carbocycles. The number of nitrogens with zero attached hydrogens (tertiary/aromatic N) is 2. The number of benzene rings is 1. The van der Waals surface area contributed by atoms with Gasteiger partial charge in [-0.05, 0) is 24.1 Å². The highest BCUT2D eigenvalue weighted by Crippen LogP contribution is 2.16. The molecule has 0 spiro atoms. The van der Waals surface area contributed by atoms with Crippen molar-refractivity contribution in [2.75, 3.05) is 39.5 Å². The SMILES string of the molecule is NC1=NS(=O)(=O)C=C1NCCCOc1cccc(CN2CCOCC2)c1. The van der Waals surface area contributed by atoms with Gasteiger partial charge in [0.15, 0.2) is 5.84 Å². The quantitative estimate of drug-likeness (QED) is 0.630. The van der Waals surface area contributed by atoms with E-state index in [4.69, 9.17) is 15.2 Å².